The highest BCUT2D eigenvalue weighted by Gasteiger charge is 2.35. The molecule has 1 saturated heterocycles. The van der Waals surface area contributed by atoms with E-state index in [1.54, 1.807) is 4.90 Å². The van der Waals surface area contributed by atoms with Crippen molar-refractivity contribution in [3.63, 3.8) is 0 Å². The number of nitrogens with zero attached hydrogens (tertiary/aromatic N) is 1. The highest BCUT2D eigenvalue weighted by molar-refractivity contribution is 5.76. The van der Waals surface area contributed by atoms with Gasteiger partial charge in [-0.15, -0.1) is 0 Å². The fourth-order valence-electron chi connectivity index (χ4n) is 2.73. The number of carbonyl (C=O) groups is 2. The molecule has 1 aliphatic heterocycles. The van der Waals surface area contributed by atoms with E-state index in [0.717, 1.165) is 25.7 Å². The van der Waals surface area contributed by atoms with Gasteiger partial charge in [0.15, 0.2) is 0 Å². The Labute approximate surface area is 119 Å². The lowest BCUT2D eigenvalue weighted by Crippen LogP contribution is -2.49. The molecule has 2 aliphatic rings. The van der Waals surface area contributed by atoms with Crippen LogP contribution in [0.1, 0.15) is 39.0 Å². The van der Waals surface area contributed by atoms with E-state index in [4.69, 9.17) is 9.84 Å². The van der Waals surface area contributed by atoms with Crippen molar-refractivity contribution in [2.24, 2.45) is 5.92 Å². The van der Waals surface area contributed by atoms with Crippen molar-refractivity contribution < 1.29 is 19.4 Å². The topological polar surface area (TPSA) is 78.9 Å². The van der Waals surface area contributed by atoms with Gasteiger partial charge in [0.25, 0.3) is 0 Å². The van der Waals surface area contributed by atoms with Crippen molar-refractivity contribution >= 4 is 12.0 Å². The molecule has 6 nitrogen and oxygen atoms in total. The Balaban J connectivity index is 1.77. The minimum absolute atomic E-state index is 0.0197. The number of hydrogen-bond donors (Lipinski definition) is 2. The number of rotatable bonds is 6. The second-order valence-corrected chi connectivity index (χ2v) is 5.63. The second-order valence-electron chi connectivity index (χ2n) is 5.63. The summed E-state index contributed by atoms with van der Waals surface area (Å²) in [5.74, 6) is -0.506. The van der Waals surface area contributed by atoms with Crippen LogP contribution in [0.2, 0.25) is 0 Å². The zero-order chi connectivity index (χ0) is 14.5. The molecule has 0 radical (unpaired) electrons. The largest absolute Gasteiger partial charge is 0.481 e. The van der Waals surface area contributed by atoms with E-state index < -0.39 is 5.97 Å². The van der Waals surface area contributed by atoms with E-state index in [1.165, 1.54) is 0 Å². The zero-order valence-electron chi connectivity index (χ0n) is 12.0. The monoisotopic (exact) mass is 284 g/mol. The van der Waals surface area contributed by atoms with Gasteiger partial charge in [0.2, 0.25) is 0 Å². The van der Waals surface area contributed by atoms with Gasteiger partial charge in [0, 0.05) is 25.7 Å². The number of carboxylic acids is 1. The van der Waals surface area contributed by atoms with Gasteiger partial charge in [0.1, 0.15) is 0 Å². The average molecular weight is 284 g/mol. The third-order valence-electron chi connectivity index (χ3n) is 4.03. The first-order valence-corrected chi connectivity index (χ1v) is 7.49. The van der Waals surface area contributed by atoms with Crippen LogP contribution in [0.25, 0.3) is 0 Å². The molecular formula is C14H24N2O4. The molecule has 1 atom stereocenters. The molecule has 1 aliphatic carbocycles. The van der Waals surface area contributed by atoms with Crippen molar-refractivity contribution in [2.45, 2.75) is 51.2 Å². The SMILES string of the molecule is CCOC1CCN(C(=O)NC(CC(=O)O)C2CC2)CC1. The lowest BCUT2D eigenvalue weighted by Gasteiger charge is -2.33. The van der Waals surface area contributed by atoms with Crippen LogP contribution in [0.15, 0.2) is 0 Å². The van der Waals surface area contributed by atoms with Gasteiger partial charge < -0.3 is 20.1 Å². The van der Waals surface area contributed by atoms with Gasteiger partial charge in [-0.3, -0.25) is 4.79 Å². The maximum atomic E-state index is 12.2. The Bertz CT molecular complexity index is 349. The molecule has 1 saturated carbocycles. The molecule has 2 N–H and O–H groups in total. The number of nitrogens with one attached hydrogen (secondary N) is 1. The predicted octanol–water partition coefficient (Wildman–Crippen LogP) is 1.45. The van der Waals surface area contributed by atoms with Crippen LogP contribution < -0.4 is 5.32 Å². The summed E-state index contributed by atoms with van der Waals surface area (Å²) in [6.07, 6.45) is 4.02. The number of piperidine rings is 1. The van der Waals surface area contributed by atoms with Crippen molar-refractivity contribution in [2.75, 3.05) is 19.7 Å². The minimum Gasteiger partial charge on any atom is -0.481 e. The summed E-state index contributed by atoms with van der Waals surface area (Å²) < 4.78 is 5.56. The van der Waals surface area contributed by atoms with Crippen molar-refractivity contribution in [1.82, 2.24) is 10.2 Å². The lowest BCUT2D eigenvalue weighted by molar-refractivity contribution is -0.137. The number of likely N-dealkylation sites (tertiary alicyclic amines) is 1. The van der Waals surface area contributed by atoms with Crippen LogP contribution in [-0.4, -0.2) is 53.8 Å². The fraction of sp³-hybridized carbons (Fsp3) is 0.857. The Kier molecular flexibility index (Phi) is 5.23. The number of amides is 2. The fourth-order valence-corrected chi connectivity index (χ4v) is 2.73. The van der Waals surface area contributed by atoms with Gasteiger partial charge in [-0.25, -0.2) is 4.79 Å². The Hall–Kier alpha value is -1.30. The van der Waals surface area contributed by atoms with Gasteiger partial charge in [-0.1, -0.05) is 0 Å². The second kappa shape index (κ2) is 6.92. The first-order valence-electron chi connectivity index (χ1n) is 7.49. The molecule has 2 rings (SSSR count). The van der Waals surface area contributed by atoms with E-state index in [0.29, 0.717) is 25.6 Å². The lowest BCUT2D eigenvalue weighted by atomic mass is 10.1. The molecule has 0 aromatic heterocycles. The van der Waals surface area contributed by atoms with E-state index in [9.17, 15) is 9.59 Å². The molecule has 0 spiro atoms. The summed E-state index contributed by atoms with van der Waals surface area (Å²) in [4.78, 5) is 24.8. The minimum atomic E-state index is -0.850. The smallest absolute Gasteiger partial charge is 0.317 e. The Morgan fingerprint density at radius 3 is 2.45 bits per heavy atom. The van der Waals surface area contributed by atoms with Gasteiger partial charge in [-0.2, -0.15) is 0 Å². The van der Waals surface area contributed by atoms with Gasteiger partial charge >= 0.3 is 12.0 Å². The molecule has 114 valence electrons. The Morgan fingerprint density at radius 1 is 1.30 bits per heavy atom. The highest BCUT2D eigenvalue weighted by atomic mass is 16.5. The van der Waals surface area contributed by atoms with Crippen molar-refractivity contribution in [1.29, 1.82) is 0 Å². The van der Waals surface area contributed by atoms with Crippen molar-refractivity contribution in [3.05, 3.63) is 0 Å². The van der Waals surface area contributed by atoms with Crippen molar-refractivity contribution in [3.8, 4) is 0 Å². The maximum absolute atomic E-state index is 12.2. The predicted molar refractivity (Wildman–Crippen MR) is 73.5 cm³/mol. The number of hydrogen-bond acceptors (Lipinski definition) is 3. The molecule has 2 amide bonds. The van der Waals surface area contributed by atoms with Gasteiger partial charge in [-0.05, 0) is 38.5 Å². The normalized spacial score (nSPS) is 21.6. The van der Waals surface area contributed by atoms with Crippen LogP contribution in [-0.2, 0) is 9.53 Å². The van der Waals surface area contributed by atoms with Gasteiger partial charge in [0.05, 0.1) is 12.5 Å². The molecule has 2 fully saturated rings. The summed E-state index contributed by atoms with van der Waals surface area (Å²) in [7, 11) is 0. The van der Waals surface area contributed by atoms with E-state index in [1.807, 2.05) is 6.92 Å². The number of carbonyl (C=O) groups excluding carboxylic acids is 1. The maximum Gasteiger partial charge on any atom is 0.317 e. The van der Waals surface area contributed by atoms with E-state index in [2.05, 4.69) is 5.32 Å². The standard InChI is InChI=1S/C14H24N2O4/c1-2-20-11-5-7-16(8-6-11)14(19)15-12(9-13(17)18)10-3-4-10/h10-12H,2-9H2,1H3,(H,15,19)(H,17,18). The number of aliphatic carboxylic acids is 1. The first-order chi connectivity index (χ1) is 9.60. The molecule has 0 bridgehead atoms. The molecule has 6 heteroatoms. The number of ether oxygens (including phenoxy) is 1. The summed E-state index contributed by atoms with van der Waals surface area (Å²) in [6.45, 7) is 4.05. The summed E-state index contributed by atoms with van der Waals surface area (Å²) in [6, 6.07) is -0.345. The third kappa shape index (κ3) is 4.37. The molecular weight excluding hydrogens is 260 g/mol. The molecule has 0 aromatic rings. The highest BCUT2D eigenvalue weighted by Crippen LogP contribution is 2.34. The van der Waals surface area contributed by atoms with Crippen LogP contribution in [0.4, 0.5) is 4.79 Å². The number of urea groups is 1. The summed E-state index contributed by atoms with van der Waals surface area (Å²) >= 11 is 0. The summed E-state index contributed by atoms with van der Waals surface area (Å²) in [5.41, 5.74) is 0. The number of carboxylic acid groups (broad SMARTS) is 1. The van der Waals surface area contributed by atoms with Crippen LogP contribution in [0.5, 0.6) is 0 Å². The zero-order valence-corrected chi connectivity index (χ0v) is 12.0. The van der Waals surface area contributed by atoms with Crippen LogP contribution in [0, 0.1) is 5.92 Å². The molecule has 1 heterocycles. The first kappa shape index (κ1) is 15.1. The summed E-state index contributed by atoms with van der Waals surface area (Å²) in [5, 5.41) is 11.8. The van der Waals surface area contributed by atoms with Crippen LogP contribution >= 0.6 is 0 Å². The third-order valence-corrected chi connectivity index (χ3v) is 4.03. The molecule has 1 unspecified atom stereocenters. The molecule has 0 aromatic carbocycles. The Morgan fingerprint density at radius 2 is 1.95 bits per heavy atom. The molecule has 20 heavy (non-hydrogen) atoms. The quantitative estimate of drug-likeness (QED) is 0.774. The van der Waals surface area contributed by atoms with E-state index >= 15 is 0 Å². The van der Waals surface area contributed by atoms with E-state index in [-0.39, 0.29) is 24.6 Å². The van der Waals surface area contributed by atoms with Crippen LogP contribution in [0.3, 0.4) is 0 Å². The average Bonchev–Trinajstić information content (AvgIpc) is 3.23.